The molecule has 1 aromatic carbocycles. The summed E-state index contributed by atoms with van der Waals surface area (Å²) in [6, 6.07) is 6.78. The molecule has 0 atom stereocenters. The lowest BCUT2D eigenvalue weighted by molar-refractivity contribution is 0.261. The zero-order valence-corrected chi connectivity index (χ0v) is 21.1. The predicted molar refractivity (Wildman–Crippen MR) is 135 cm³/mol. The van der Waals surface area contributed by atoms with Crippen LogP contribution in [0.3, 0.4) is 0 Å². The fourth-order valence-electron chi connectivity index (χ4n) is 3.31. The van der Waals surface area contributed by atoms with Crippen LogP contribution >= 0.6 is 35.3 Å². The van der Waals surface area contributed by atoms with Crippen molar-refractivity contribution in [2.45, 2.75) is 27.3 Å². The number of aromatic nitrogens is 1. The van der Waals surface area contributed by atoms with Crippen LogP contribution in [0.5, 0.6) is 0 Å². The maximum absolute atomic E-state index is 13.1. The molecule has 2 heterocycles. The molecule has 0 aliphatic carbocycles. The molecule has 0 spiro atoms. The normalized spacial score (nSPS) is 15.1. The Morgan fingerprint density at radius 1 is 1.13 bits per heavy atom. The molecule has 0 bridgehead atoms. The van der Waals surface area contributed by atoms with E-state index in [1.807, 2.05) is 19.1 Å². The number of guanidine groups is 1. The van der Waals surface area contributed by atoms with E-state index in [-0.39, 0.29) is 29.8 Å². The molecule has 0 amide bonds. The summed E-state index contributed by atoms with van der Waals surface area (Å²) in [6.07, 6.45) is 0. The number of nitrogens with one attached hydrogen (secondary N) is 2. The van der Waals surface area contributed by atoms with E-state index in [1.165, 1.54) is 17.0 Å². The number of rotatable bonds is 7. The van der Waals surface area contributed by atoms with Gasteiger partial charge in [-0.05, 0) is 45.0 Å². The topological polar surface area (TPSA) is 55.8 Å². The van der Waals surface area contributed by atoms with Gasteiger partial charge in [-0.2, -0.15) is 0 Å². The van der Waals surface area contributed by atoms with Crippen molar-refractivity contribution in [1.82, 2.24) is 20.5 Å². The molecule has 30 heavy (non-hydrogen) atoms. The third kappa shape index (κ3) is 7.35. The van der Waals surface area contributed by atoms with E-state index in [2.05, 4.69) is 44.3 Å². The van der Waals surface area contributed by atoms with Gasteiger partial charge < -0.3 is 15.5 Å². The Morgan fingerprint density at radius 2 is 1.83 bits per heavy atom. The van der Waals surface area contributed by atoms with E-state index in [0.29, 0.717) is 6.54 Å². The van der Waals surface area contributed by atoms with Gasteiger partial charge in [0, 0.05) is 56.4 Å². The number of anilines is 1. The molecule has 1 aromatic heterocycles. The lowest BCUT2D eigenvalue weighted by Gasteiger charge is -2.36. The van der Waals surface area contributed by atoms with Crippen molar-refractivity contribution in [3.63, 3.8) is 0 Å². The molecule has 6 nitrogen and oxygen atoms in total. The fraction of sp³-hybridized carbons (Fsp3) is 0.524. The number of aliphatic imine (C=N–C) groups is 1. The molecule has 0 unspecified atom stereocenters. The number of benzene rings is 1. The van der Waals surface area contributed by atoms with Crippen molar-refractivity contribution in [2.24, 2.45) is 4.99 Å². The van der Waals surface area contributed by atoms with Crippen molar-refractivity contribution < 1.29 is 4.39 Å². The number of aryl methyl sites for hydroxylation is 2. The van der Waals surface area contributed by atoms with E-state index in [0.717, 1.165) is 68.2 Å². The zero-order valence-electron chi connectivity index (χ0n) is 17.9. The molecule has 0 radical (unpaired) electrons. The summed E-state index contributed by atoms with van der Waals surface area (Å²) in [5.41, 5.74) is 2.19. The first kappa shape index (κ1) is 24.8. The van der Waals surface area contributed by atoms with Gasteiger partial charge in [-0.25, -0.2) is 14.4 Å². The Balaban J connectivity index is 0.00000320. The monoisotopic (exact) mass is 546 g/mol. The van der Waals surface area contributed by atoms with Crippen molar-refractivity contribution in [1.29, 1.82) is 0 Å². The first-order valence-corrected chi connectivity index (χ1v) is 11.0. The largest absolute Gasteiger partial charge is 0.369 e. The molecule has 3 rings (SSSR count). The lowest BCUT2D eigenvalue weighted by atomic mass is 10.2. The SMILES string of the molecule is CCNC(=NCc1nc(C)c(C)s1)NCCN1CCN(c2ccc(F)cc2)CC1.I. The maximum Gasteiger partial charge on any atom is 0.191 e. The van der Waals surface area contributed by atoms with Crippen LogP contribution in [-0.4, -0.2) is 61.7 Å². The predicted octanol–water partition coefficient (Wildman–Crippen LogP) is 3.39. The van der Waals surface area contributed by atoms with Crippen LogP contribution in [0.2, 0.25) is 0 Å². The second-order valence-corrected chi connectivity index (χ2v) is 8.46. The van der Waals surface area contributed by atoms with Crippen LogP contribution in [-0.2, 0) is 6.54 Å². The average Bonchev–Trinajstić information content (AvgIpc) is 3.05. The van der Waals surface area contributed by atoms with Gasteiger partial charge in [0.05, 0.1) is 12.2 Å². The van der Waals surface area contributed by atoms with Crippen molar-refractivity contribution in [3.05, 3.63) is 45.7 Å². The first-order valence-electron chi connectivity index (χ1n) is 10.2. The molecule has 2 aromatic rings. The molecular weight excluding hydrogens is 514 g/mol. The third-order valence-corrected chi connectivity index (χ3v) is 6.13. The van der Waals surface area contributed by atoms with Crippen LogP contribution in [0.15, 0.2) is 29.3 Å². The highest BCUT2D eigenvalue weighted by Crippen LogP contribution is 2.17. The van der Waals surface area contributed by atoms with Gasteiger partial charge >= 0.3 is 0 Å². The van der Waals surface area contributed by atoms with Crippen molar-refractivity contribution in [2.75, 3.05) is 50.7 Å². The van der Waals surface area contributed by atoms with Gasteiger partial charge in [0.15, 0.2) is 5.96 Å². The van der Waals surface area contributed by atoms with Crippen molar-refractivity contribution in [3.8, 4) is 0 Å². The Hall–Kier alpha value is -1.46. The summed E-state index contributed by atoms with van der Waals surface area (Å²) in [4.78, 5) is 15.2. The highest BCUT2D eigenvalue weighted by molar-refractivity contribution is 14.0. The molecule has 9 heteroatoms. The average molecular weight is 546 g/mol. The number of nitrogens with zero attached hydrogens (tertiary/aromatic N) is 4. The van der Waals surface area contributed by atoms with Crippen LogP contribution in [0, 0.1) is 19.7 Å². The van der Waals surface area contributed by atoms with Gasteiger partial charge in [0.1, 0.15) is 10.8 Å². The standard InChI is InChI=1S/C21H31FN6S.HI/c1-4-23-21(25-15-20-26-16(2)17(3)29-20)24-9-10-27-11-13-28(14-12-27)19-7-5-18(22)6-8-19;/h5-8H,4,9-15H2,1-3H3,(H2,23,24,25);1H. The van der Waals surface area contributed by atoms with E-state index in [9.17, 15) is 4.39 Å². The molecule has 1 aliphatic rings. The summed E-state index contributed by atoms with van der Waals surface area (Å²) in [5.74, 6) is 0.653. The number of hydrogen-bond acceptors (Lipinski definition) is 5. The van der Waals surface area contributed by atoms with Gasteiger partial charge in [-0.15, -0.1) is 35.3 Å². The van der Waals surface area contributed by atoms with Gasteiger partial charge in [0.2, 0.25) is 0 Å². The van der Waals surface area contributed by atoms with Crippen molar-refractivity contribution >= 4 is 47.0 Å². The van der Waals surface area contributed by atoms with Gasteiger partial charge in [-0.3, -0.25) is 4.90 Å². The summed E-state index contributed by atoms with van der Waals surface area (Å²) >= 11 is 1.71. The number of thiazole rings is 1. The highest BCUT2D eigenvalue weighted by atomic mass is 127. The van der Waals surface area contributed by atoms with Crippen LogP contribution < -0.4 is 15.5 Å². The minimum atomic E-state index is -0.184. The lowest BCUT2D eigenvalue weighted by Crippen LogP contribution is -2.49. The van der Waals surface area contributed by atoms with E-state index >= 15 is 0 Å². The van der Waals surface area contributed by atoms with Gasteiger partial charge in [-0.1, -0.05) is 0 Å². The molecule has 0 saturated carbocycles. The zero-order chi connectivity index (χ0) is 20.6. The minimum Gasteiger partial charge on any atom is -0.369 e. The van der Waals surface area contributed by atoms with E-state index in [4.69, 9.17) is 0 Å². The van der Waals surface area contributed by atoms with Gasteiger partial charge in [0.25, 0.3) is 0 Å². The third-order valence-electron chi connectivity index (χ3n) is 5.07. The Kier molecular flexibility index (Phi) is 10.3. The molecule has 166 valence electrons. The first-order chi connectivity index (χ1) is 14.0. The van der Waals surface area contributed by atoms with Crippen LogP contribution in [0.4, 0.5) is 10.1 Å². The molecule has 2 N–H and O–H groups in total. The fourth-order valence-corrected chi connectivity index (χ4v) is 4.17. The van der Waals surface area contributed by atoms with E-state index in [1.54, 1.807) is 11.3 Å². The smallest absolute Gasteiger partial charge is 0.191 e. The molecule has 1 saturated heterocycles. The number of hydrogen-bond donors (Lipinski definition) is 2. The molecule has 1 aliphatic heterocycles. The minimum absolute atomic E-state index is 0. The molecular formula is C21H32FIN6S. The van der Waals surface area contributed by atoms with E-state index < -0.39 is 0 Å². The Bertz CT molecular complexity index is 783. The quantitative estimate of drug-likeness (QED) is 0.317. The summed E-state index contributed by atoms with van der Waals surface area (Å²) in [7, 11) is 0. The Labute approximate surface area is 200 Å². The Morgan fingerprint density at radius 3 is 2.43 bits per heavy atom. The molecule has 1 fully saturated rings. The second-order valence-electron chi connectivity index (χ2n) is 7.18. The number of piperazine rings is 1. The van der Waals surface area contributed by atoms with Crippen LogP contribution in [0.1, 0.15) is 22.5 Å². The summed E-state index contributed by atoms with van der Waals surface area (Å²) in [6.45, 7) is 13.4. The second kappa shape index (κ2) is 12.4. The summed E-state index contributed by atoms with van der Waals surface area (Å²) in [5, 5.41) is 7.78. The highest BCUT2D eigenvalue weighted by Gasteiger charge is 2.17. The van der Waals surface area contributed by atoms with Crippen LogP contribution in [0.25, 0.3) is 0 Å². The summed E-state index contributed by atoms with van der Waals surface area (Å²) < 4.78 is 13.1. The maximum atomic E-state index is 13.1. The number of halogens is 2.